The highest BCUT2D eigenvalue weighted by Crippen LogP contribution is 2.30. The molecule has 12 atom stereocenters. The zero-order valence-corrected chi connectivity index (χ0v) is 50.6. The second-order valence-electron chi connectivity index (χ2n) is 23.2. The summed E-state index contributed by atoms with van der Waals surface area (Å²) >= 11 is 0. The van der Waals surface area contributed by atoms with Gasteiger partial charge < -0.3 is 65.1 Å². The molecule has 14 heteroatoms. The highest BCUT2D eigenvalue weighted by molar-refractivity contribution is 5.76. The maximum atomic E-state index is 13.3. The molecule has 0 aromatic heterocycles. The monoisotopic (exact) mass is 1140 g/mol. The highest BCUT2D eigenvalue weighted by Gasteiger charge is 2.51. The molecule has 0 spiro atoms. The summed E-state index contributed by atoms with van der Waals surface area (Å²) in [4.78, 5) is 13.3. The average molecular weight is 1140 g/mol. The van der Waals surface area contributed by atoms with Gasteiger partial charge in [-0.05, 0) is 70.6 Å². The summed E-state index contributed by atoms with van der Waals surface area (Å²) in [5.41, 5.74) is 0. The van der Waals surface area contributed by atoms with Crippen LogP contribution in [-0.2, 0) is 23.7 Å². The normalized spacial score (nSPS) is 24.5. The van der Waals surface area contributed by atoms with Crippen molar-refractivity contribution in [3.63, 3.8) is 0 Å². The van der Waals surface area contributed by atoms with E-state index in [1.807, 2.05) is 6.08 Å². The van der Waals surface area contributed by atoms with Gasteiger partial charge in [0.15, 0.2) is 12.6 Å². The molecular weight excluding hydrogens is 1010 g/mol. The number of hydrogen-bond donors (Lipinski definition) is 9. The van der Waals surface area contributed by atoms with E-state index < -0.39 is 86.8 Å². The Hall–Kier alpha value is -2.05. The molecule has 468 valence electrons. The van der Waals surface area contributed by atoms with Crippen molar-refractivity contribution in [3.05, 3.63) is 48.6 Å². The molecule has 0 radical (unpaired) electrons. The van der Waals surface area contributed by atoms with E-state index in [0.29, 0.717) is 12.8 Å². The molecule has 14 nitrogen and oxygen atoms in total. The van der Waals surface area contributed by atoms with Gasteiger partial charge in [-0.3, -0.25) is 4.79 Å². The standard InChI is InChI=1S/C66H121NO13/c1-3-5-7-9-11-13-15-17-19-21-23-24-25-26-27-28-29-30-31-32-33-35-37-39-41-43-45-47-49-55(70)54(67-58(71)50-48-46-44-42-40-38-36-34-22-20-18-16-14-12-10-8-6-4-2)53-77-65-63(76)61(74)64(57(52-69)79-65)80-66-62(75)60(73)59(72)56(51-68)78-66/h20,22,32-33,39,41,47,49,54-57,59-66,68-70,72-76H,3-19,21,23-31,34-38,40,42-46,48,50-53H2,1-2H3,(H,67,71)/b22-20-,33-32+,41-39+,49-47+. The molecule has 0 aliphatic carbocycles. The predicted molar refractivity (Wildman–Crippen MR) is 323 cm³/mol. The number of aliphatic hydroxyl groups is 8. The first-order valence-electron chi connectivity index (χ1n) is 32.9. The minimum Gasteiger partial charge on any atom is -0.394 e. The molecule has 0 aromatic rings. The molecule has 0 saturated carbocycles. The molecule has 2 saturated heterocycles. The third-order valence-electron chi connectivity index (χ3n) is 16.0. The first-order valence-corrected chi connectivity index (χ1v) is 32.9. The van der Waals surface area contributed by atoms with E-state index in [0.717, 1.165) is 51.4 Å². The fourth-order valence-corrected chi connectivity index (χ4v) is 10.7. The zero-order chi connectivity index (χ0) is 58.1. The van der Waals surface area contributed by atoms with E-state index >= 15 is 0 Å². The number of allylic oxidation sites excluding steroid dienone is 7. The Balaban J connectivity index is 1.74. The van der Waals surface area contributed by atoms with Crippen molar-refractivity contribution < 1.29 is 64.6 Å². The molecule has 12 unspecified atom stereocenters. The molecule has 0 bridgehead atoms. The maximum Gasteiger partial charge on any atom is 0.220 e. The number of ether oxygens (including phenoxy) is 4. The number of carbonyl (C=O) groups is 1. The van der Waals surface area contributed by atoms with Gasteiger partial charge in [0.25, 0.3) is 0 Å². The summed E-state index contributed by atoms with van der Waals surface area (Å²) in [5.74, 6) is -0.256. The van der Waals surface area contributed by atoms with E-state index in [1.165, 1.54) is 186 Å². The summed E-state index contributed by atoms with van der Waals surface area (Å²) in [6.07, 6.45) is 48.8. The fourth-order valence-electron chi connectivity index (χ4n) is 10.7. The first kappa shape index (κ1) is 74.1. The van der Waals surface area contributed by atoms with Crippen LogP contribution in [0, 0.1) is 0 Å². The lowest BCUT2D eigenvalue weighted by molar-refractivity contribution is -0.359. The minimum absolute atomic E-state index is 0.256. The average Bonchev–Trinajstić information content (AvgIpc) is 3.46. The Labute approximate surface area is 486 Å². The Morgan fingerprint density at radius 3 is 1.23 bits per heavy atom. The first-order chi connectivity index (χ1) is 39.1. The van der Waals surface area contributed by atoms with E-state index in [2.05, 4.69) is 55.6 Å². The van der Waals surface area contributed by atoms with Crippen LogP contribution < -0.4 is 5.32 Å². The summed E-state index contributed by atoms with van der Waals surface area (Å²) in [6, 6.07) is -0.941. The summed E-state index contributed by atoms with van der Waals surface area (Å²) in [7, 11) is 0. The highest BCUT2D eigenvalue weighted by atomic mass is 16.7. The lowest BCUT2D eigenvalue weighted by atomic mass is 9.97. The third-order valence-corrected chi connectivity index (χ3v) is 16.0. The van der Waals surface area contributed by atoms with Gasteiger partial charge in [0.2, 0.25) is 5.91 Å². The smallest absolute Gasteiger partial charge is 0.220 e. The van der Waals surface area contributed by atoms with Crippen molar-refractivity contribution in [1.82, 2.24) is 5.32 Å². The topological polar surface area (TPSA) is 228 Å². The van der Waals surface area contributed by atoms with Gasteiger partial charge in [-0.25, -0.2) is 0 Å². The number of unbranched alkanes of at least 4 members (excludes halogenated alkanes) is 34. The molecule has 1 amide bonds. The van der Waals surface area contributed by atoms with Crippen LogP contribution in [-0.4, -0.2) is 140 Å². The zero-order valence-electron chi connectivity index (χ0n) is 50.6. The van der Waals surface area contributed by atoms with Crippen LogP contribution in [0.4, 0.5) is 0 Å². The molecular formula is C66H121NO13. The van der Waals surface area contributed by atoms with E-state index in [-0.39, 0.29) is 18.9 Å². The van der Waals surface area contributed by atoms with Crippen LogP contribution in [0.15, 0.2) is 48.6 Å². The van der Waals surface area contributed by atoms with Crippen LogP contribution in [0.25, 0.3) is 0 Å². The fraction of sp³-hybridized carbons (Fsp3) is 0.864. The molecule has 2 fully saturated rings. The van der Waals surface area contributed by atoms with Crippen molar-refractivity contribution >= 4 is 5.91 Å². The van der Waals surface area contributed by atoms with Gasteiger partial charge in [-0.15, -0.1) is 0 Å². The number of aliphatic hydroxyl groups excluding tert-OH is 8. The second-order valence-corrected chi connectivity index (χ2v) is 23.2. The van der Waals surface area contributed by atoms with Gasteiger partial charge in [-0.2, -0.15) is 0 Å². The molecule has 2 heterocycles. The van der Waals surface area contributed by atoms with E-state index in [9.17, 15) is 45.6 Å². The number of amides is 1. The molecule has 80 heavy (non-hydrogen) atoms. The number of nitrogens with one attached hydrogen (secondary N) is 1. The molecule has 2 aliphatic heterocycles. The SMILES string of the molecule is CCCCCCCCC/C=C\CCCCCCCCCC(=O)NC(COC1OC(CO)C(OC2OC(CO)C(O)C(O)C2O)C(O)C1O)C(O)/C=C/CC/C=C/CC/C=C/CCCCCCCCCCCCCCCCCCCC. The molecule has 9 N–H and O–H groups in total. The number of hydrogen-bond acceptors (Lipinski definition) is 13. The van der Waals surface area contributed by atoms with Crippen LogP contribution in [0.2, 0.25) is 0 Å². The van der Waals surface area contributed by atoms with Crippen LogP contribution in [0.5, 0.6) is 0 Å². The minimum atomic E-state index is -1.79. The number of carbonyl (C=O) groups excluding carboxylic acids is 1. The van der Waals surface area contributed by atoms with Gasteiger partial charge in [-0.1, -0.05) is 242 Å². The van der Waals surface area contributed by atoms with Gasteiger partial charge in [0, 0.05) is 6.42 Å². The molecule has 2 rings (SSSR count). The van der Waals surface area contributed by atoms with Crippen LogP contribution >= 0.6 is 0 Å². The van der Waals surface area contributed by atoms with Crippen molar-refractivity contribution in [3.8, 4) is 0 Å². The predicted octanol–water partition coefficient (Wildman–Crippen LogP) is 12.3. The molecule has 2 aliphatic rings. The summed E-state index contributed by atoms with van der Waals surface area (Å²) in [5, 5.41) is 87.2. The Morgan fingerprint density at radius 1 is 0.438 bits per heavy atom. The Bertz CT molecular complexity index is 1530. The van der Waals surface area contributed by atoms with Gasteiger partial charge >= 0.3 is 0 Å². The lowest BCUT2D eigenvalue weighted by Gasteiger charge is -2.46. The van der Waals surface area contributed by atoms with E-state index in [4.69, 9.17) is 18.9 Å². The quantitative estimate of drug-likeness (QED) is 0.0204. The number of rotatable bonds is 53. The van der Waals surface area contributed by atoms with Crippen molar-refractivity contribution in [2.45, 2.75) is 344 Å². The third kappa shape index (κ3) is 35.9. The lowest BCUT2D eigenvalue weighted by Crippen LogP contribution is -2.65. The molecule has 0 aromatic carbocycles. The van der Waals surface area contributed by atoms with Crippen molar-refractivity contribution in [2.75, 3.05) is 19.8 Å². The van der Waals surface area contributed by atoms with Gasteiger partial charge in [0.05, 0.1) is 32.0 Å². The van der Waals surface area contributed by atoms with E-state index in [1.54, 1.807) is 6.08 Å². The van der Waals surface area contributed by atoms with Crippen LogP contribution in [0.1, 0.15) is 271 Å². The van der Waals surface area contributed by atoms with Crippen molar-refractivity contribution in [2.24, 2.45) is 0 Å². The Kier molecular flexibility index (Phi) is 47.6. The van der Waals surface area contributed by atoms with Crippen LogP contribution in [0.3, 0.4) is 0 Å². The second kappa shape index (κ2) is 51.4. The summed E-state index contributed by atoms with van der Waals surface area (Å²) < 4.78 is 22.8. The summed E-state index contributed by atoms with van der Waals surface area (Å²) in [6.45, 7) is 2.79. The van der Waals surface area contributed by atoms with Crippen molar-refractivity contribution in [1.29, 1.82) is 0 Å². The maximum absolute atomic E-state index is 13.3. The largest absolute Gasteiger partial charge is 0.394 e. The van der Waals surface area contributed by atoms with Gasteiger partial charge in [0.1, 0.15) is 48.8 Å². The Morgan fingerprint density at radius 2 is 0.800 bits per heavy atom.